The highest BCUT2D eigenvalue weighted by molar-refractivity contribution is 5.81. The van der Waals surface area contributed by atoms with Crippen LogP contribution in [0, 0.1) is 6.92 Å². The van der Waals surface area contributed by atoms with Gasteiger partial charge in [0.05, 0.1) is 0 Å². The molecule has 1 aliphatic carbocycles. The summed E-state index contributed by atoms with van der Waals surface area (Å²) in [6.45, 7) is 2.11. The number of amides is 1. The second-order valence-corrected chi connectivity index (χ2v) is 5.93. The van der Waals surface area contributed by atoms with Gasteiger partial charge in [-0.15, -0.1) is 0 Å². The SMILES string of the molecule is Cc1ccc([C@H]2CC(=O)NC23CCCCC3)cc1. The van der Waals surface area contributed by atoms with Gasteiger partial charge in [0.15, 0.2) is 0 Å². The minimum atomic E-state index is 0.0601. The van der Waals surface area contributed by atoms with Crippen molar-refractivity contribution in [2.75, 3.05) is 0 Å². The van der Waals surface area contributed by atoms with Crippen molar-refractivity contribution in [3.05, 3.63) is 35.4 Å². The van der Waals surface area contributed by atoms with Gasteiger partial charge in [-0.05, 0) is 25.3 Å². The quantitative estimate of drug-likeness (QED) is 0.805. The molecule has 2 fully saturated rings. The molecule has 2 aliphatic rings. The Balaban J connectivity index is 1.93. The molecule has 1 aliphatic heterocycles. The molecule has 3 rings (SSSR count). The number of aryl methyl sites for hydroxylation is 1. The number of hydrogen-bond acceptors (Lipinski definition) is 1. The van der Waals surface area contributed by atoms with Crippen LogP contribution in [0.25, 0.3) is 0 Å². The Hall–Kier alpha value is -1.31. The second kappa shape index (κ2) is 4.42. The van der Waals surface area contributed by atoms with E-state index < -0.39 is 0 Å². The molecule has 1 amide bonds. The highest BCUT2D eigenvalue weighted by Crippen LogP contribution is 2.45. The van der Waals surface area contributed by atoms with E-state index in [1.165, 1.54) is 30.4 Å². The van der Waals surface area contributed by atoms with Crippen molar-refractivity contribution in [1.82, 2.24) is 5.32 Å². The van der Waals surface area contributed by atoms with Crippen LogP contribution in [-0.2, 0) is 4.79 Å². The lowest BCUT2D eigenvalue weighted by Crippen LogP contribution is -2.46. The summed E-state index contributed by atoms with van der Waals surface area (Å²) in [7, 11) is 0. The van der Waals surface area contributed by atoms with E-state index in [-0.39, 0.29) is 11.4 Å². The lowest BCUT2D eigenvalue weighted by atomic mass is 9.71. The zero-order valence-corrected chi connectivity index (χ0v) is 11.0. The molecule has 1 aromatic carbocycles. The predicted molar refractivity (Wildman–Crippen MR) is 72.5 cm³/mol. The van der Waals surface area contributed by atoms with Gasteiger partial charge in [0, 0.05) is 17.9 Å². The average molecular weight is 243 g/mol. The topological polar surface area (TPSA) is 29.1 Å². The van der Waals surface area contributed by atoms with Gasteiger partial charge in [-0.2, -0.15) is 0 Å². The number of benzene rings is 1. The smallest absolute Gasteiger partial charge is 0.221 e. The van der Waals surface area contributed by atoms with E-state index in [1.807, 2.05) is 0 Å². The third-order valence-electron chi connectivity index (χ3n) is 4.67. The summed E-state index contributed by atoms with van der Waals surface area (Å²) in [6, 6.07) is 8.73. The molecule has 2 heteroatoms. The monoisotopic (exact) mass is 243 g/mol. The van der Waals surface area contributed by atoms with Crippen LogP contribution in [0.2, 0.25) is 0 Å². The first kappa shape index (κ1) is 11.8. The zero-order valence-electron chi connectivity index (χ0n) is 11.0. The van der Waals surface area contributed by atoms with Crippen molar-refractivity contribution in [1.29, 1.82) is 0 Å². The first-order valence-corrected chi connectivity index (χ1v) is 7.07. The molecule has 0 radical (unpaired) electrons. The van der Waals surface area contributed by atoms with Crippen LogP contribution in [0.3, 0.4) is 0 Å². The number of carbonyl (C=O) groups excluding carboxylic acids is 1. The summed E-state index contributed by atoms with van der Waals surface area (Å²) in [5.41, 5.74) is 2.68. The molecule has 1 N–H and O–H groups in total. The molecule has 0 aromatic heterocycles. The maximum atomic E-state index is 11.9. The third-order valence-corrected chi connectivity index (χ3v) is 4.67. The molecule has 1 aromatic rings. The Morgan fingerprint density at radius 3 is 2.44 bits per heavy atom. The summed E-state index contributed by atoms with van der Waals surface area (Å²) in [6.07, 6.45) is 6.79. The lowest BCUT2D eigenvalue weighted by molar-refractivity contribution is -0.120. The number of nitrogens with one attached hydrogen (secondary N) is 1. The molecular formula is C16H21NO. The lowest BCUT2D eigenvalue weighted by Gasteiger charge is -2.38. The van der Waals surface area contributed by atoms with Gasteiger partial charge >= 0.3 is 0 Å². The summed E-state index contributed by atoms with van der Waals surface area (Å²) >= 11 is 0. The third kappa shape index (κ3) is 1.94. The van der Waals surface area contributed by atoms with Gasteiger partial charge in [0.25, 0.3) is 0 Å². The Morgan fingerprint density at radius 1 is 1.11 bits per heavy atom. The van der Waals surface area contributed by atoms with Crippen molar-refractivity contribution in [3.63, 3.8) is 0 Å². The van der Waals surface area contributed by atoms with Crippen molar-refractivity contribution >= 4 is 5.91 Å². The Labute approximate surface area is 109 Å². The average Bonchev–Trinajstić information content (AvgIpc) is 2.68. The van der Waals surface area contributed by atoms with Crippen LogP contribution in [-0.4, -0.2) is 11.4 Å². The normalized spacial score (nSPS) is 26.3. The molecule has 1 saturated carbocycles. The van der Waals surface area contributed by atoms with Gasteiger partial charge in [0.1, 0.15) is 0 Å². The predicted octanol–water partition coefficient (Wildman–Crippen LogP) is 3.30. The molecule has 1 saturated heterocycles. The molecule has 1 atom stereocenters. The fourth-order valence-electron chi connectivity index (χ4n) is 3.69. The van der Waals surface area contributed by atoms with E-state index in [1.54, 1.807) is 0 Å². The summed E-state index contributed by atoms with van der Waals surface area (Å²) in [4.78, 5) is 11.9. The molecule has 1 heterocycles. The van der Waals surface area contributed by atoms with Crippen molar-refractivity contribution < 1.29 is 4.79 Å². The van der Waals surface area contributed by atoms with E-state index in [4.69, 9.17) is 0 Å². The maximum absolute atomic E-state index is 11.9. The van der Waals surface area contributed by atoms with Crippen molar-refractivity contribution in [2.24, 2.45) is 0 Å². The van der Waals surface area contributed by atoms with Crippen LogP contribution >= 0.6 is 0 Å². The van der Waals surface area contributed by atoms with Crippen LogP contribution in [0.1, 0.15) is 55.6 Å². The van der Waals surface area contributed by atoms with Crippen LogP contribution in [0.5, 0.6) is 0 Å². The fraction of sp³-hybridized carbons (Fsp3) is 0.562. The summed E-state index contributed by atoms with van der Waals surface area (Å²) in [5, 5.41) is 3.29. The summed E-state index contributed by atoms with van der Waals surface area (Å²) in [5.74, 6) is 0.619. The highest BCUT2D eigenvalue weighted by Gasteiger charge is 2.47. The molecule has 96 valence electrons. The van der Waals surface area contributed by atoms with Crippen LogP contribution in [0.4, 0.5) is 0 Å². The molecule has 0 bridgehead atoms. The Kier molecular flexibility index (Phi) is 2.89. The van der Waals surface area contributed by atoms with Gasteiger partial charge in [-0.1, -0.05) is 49.1 Å². The standard InChI is InChI=1S/C16H21NO/c1-12-5-7-13(8-6-12)14-11-15(18)17-16(14)9-3-2-4-10-16/h5-8,14H,2-4,9-11H2,1H3,(H,17,18)/t14-/m1/s1. The van der Waals surface area contributed by atoms with Crippen molar-refractivity contribution in [3.8, 4) is 0 Å². The van der Waals surface area contributed by atoms with Gasteiger partial charge in [0.2, 0.25) is 5.91 Å². The second-order valence-electron chi connectivity index (χ2n) is 5.93. The first-order valence-electron chi connectivity index (χ1n) is 7.07. The minimum absolute atomic E-state index is 0.0601. The molecular weight excluding hydrogens is 222 g/mol. The van der Waals surface area contributed by atoms with E-state index in [0.717, 1.165) is 12.8 Å². The van der Waals surface area contributed by atoms with E-state index >= 15 is 0 Å². The van der Waals surface area contributed by atoms with Crippen LogP contribution in [0.15, 0.2) is 24.3 Å². The molecule has 1 spiro atoms. The largest absolute Gasteiger partial charge is 0.350 e. The van der Waals surface area contributed by atoms with Crippen LogP contribution < -0.4 is 5.32 Å². The van der Waals surface area contributed by atoms with Crippen molar-refractivity contribution in [2.45, 2.75) is 56.9 Å². The first-order chi connectivity index (χ1) is 8.70. The Morgan fingerprint density at radius 2 is 1.78 bits per heavy atom. The maximum Gasteiger partial charge on any atom is 0.221 e. The summed E-state index contributed by atoms with van der Waals surface area (Å²) < 4.78 is 0. The molecule has 18 heavy (non-hydrogen) atoms. The number of carbonyl (C=O) groups is 1. The fourth-order valence-corrected chi connectivity index (χ4v) is 3.69. The molecule has 0 unspecified atom stereocenters. The highest BCUT2D eigenvalue weighted by atomic mass is 16.2. The van der Waals surface area contributed by atoms with Gasteiger partial charge in [-0.3, -0.25) is 4.79 Å². The van der Waals surface area contributed by atoms with E-state index in [2.05, 4.69) is 36.5 Å². The van der Waals surface area contributed by atoms with E-state index in [9.17, 15) is 4.79 Å². The minimum Gasteiger partial charge on any atom is -0.350 e. The number of rotatable bonds is 1. The number of hydrogen-bond donors (Lipinski definition) is 1. The van der Waals surface area contributed by atoms with E-state index in [0.29, 0.717) is 12.3 Å². The Bertz CT molecular complexity index is 443. The van der Waals surface area contributed by atoms with Gasteiger partial charge < -0.3 is 5.32 Å². The van der Waals surface area contributed by atoms with Gasteiger partial charge in [-0.25, -0.2) is 0 Å². The zero-order chi connectivity index (χ0) is 12.6. The molecule has 2 nitrogen and oxygen atoms in total.